The maximum Gasteiger partial charge on any atom is 0.123 e. The van der Waals surface area contributed by atoms with Crippen LogP contribution in [0.1, 0.15) is 34.8 Å². The van der Waals surface area contributed by atoms with Crippen molar-refractivity contribution in [2.75, 3.05) is 13.7 Å². The summed E-state index contributed by atoms with van der Waals surface area (Å²) >= 11 is 1.71. The van der Waals surface area contributed by atoms with Gasteiger partial charge in [-0.2, -0.15) is 0 Å². The van der Waals surface area contributed by atoms with Gasteiger partial charge in [0.15, 0.2) is 0 Å². The van der Waals surface area contributed by atoms with Crippen LogP contribution in [-0.2, 0) is 6.42 Å². The van der Waals surface area contributed by atoms with E-state index in [9.17, 15) is 0 Å². The fraction of sp³-hybridized carbons (Fsp3) is 0.438. The molecule has 3 nitrogen and oxygen atoms in total. The lowest BCUT2D eigenvalue weighted by Gasteiger charge is -2.17. The first-order valence-electron chi connectivity index (χ1n) is 6.89. The molecule has 0 radical (unpaired) electrons. The number of aromatic nitrogens is 1. The number of benzene rings is 1. The molecule has 0 bridgehead atoms. The minimum Gasteiger partial charge on any atom is -0.496 e. The van der Waals surface area contributed by atoms with E-state index >= 15 is 0 Å². The molecule has 108 valence electrons. The summed E-state index contributed by atoms with van der Waals surface area (Å²) in [4.78, 5) is 4.48. The zero-order valence-corrected chi connectivity index (χ0v) is 13.4. The van der Waals surface area contributed by atoms with Crippen LogP contribution in [0.2, 0.25) is 0 Å². The Balaban J connectivity index is 1.94. The molecule has 2 aromatic rings. The van der Waals surface area contributed by atoms with Gasteiger partial charge in [-0.05, 0) is 26.8 Å². The smallest absolute Gasteiger partial charge is 0.123 e. The van der Waals surface area contributed by atoms with E-state index in [1.807, 2.05) is 13.0 Å². The molecule has 0 fully saturated rings. The Kier molecular flexibility index (Phi) is 5.15. The van der Waals surface area contributed by atoms with Crippen LogP contribution in [-0.4, -0.2) is 18.6 Å². The van der Waals surface area contributed by atoms with Crippen molar-refractivity contribution >= 4 is 11.3 Å². The highest BCUT2D eigenvalue weighted by molar-refractivity contribution is 7.09. The number of nitrogens with zero attached hydrogens (tertiary/aromatic N) is 1. The Labute approximate surface area is 125 Å². The van der Waals surface area contributed by atoms with E-state index in [4.69, 9.17) is 4.74 Å². The van der Waals surface area contributed by atoms with Crippen LogP contribution in [0.25, 0.3) is 0 Å². The maximum absolute atomic E-state index is 5.44. The van der Waals surface area contributed by atoms with Gasteiger partial charge in [0.05, 0.1) is 17.8 Å². The van der Waals surface area contributed by atoms with Gasteiger partial charge < -0.3 is 10.1 Å². The van der Waals surface area contributed by atoms with Crippen molar-refractivity contribution in [1.29, 1.82) is 0 Å². The van der Waals surface area contributed by atoms with Gasteiger partial charge in [-0.25, -0.2) is 4.98 Å². The van der Waals surface area contributed by atoms with Crippen LogP contribution in [0.15, 0.2) is 23.6 Å². The van der Waals surface area contributed by atoms with Gasteiger partial charge in [0, 0.05) is 30.0 Å². The van der Waals surface area contributed by atoms with Crippen LogP contribution in [0.5, 0.6) is 5.75 Å². The first-order valence-corrected chi connectivity index (χ1v) is 7.77. The Morgan fingerprint density at radius 1 is 1.35 bits per heavy atom. The minimum absolute atomic E-state index is 0.268. The van der Waals surface area contributed by atoms with Crippen LogP contribution in [0.4, 0.5) is 0 Å². The Bertz CT molecular complexity index is 565. The van der Waals surface area contributed by atoms with Crippen molar-refractivity contribution in [2.45, 2.75) is 33.2 Å². The highest BCUT2D eigenvalue weighted by Crippen LogP contribution is 2.25. The molecule has 0 aliphatic rings. The quantitative estimate of drug-likeness (QED) is 0.881. The molecule has 0 amide bonds. The Morgan fingerprint density at radius 2 is 2.15 bits per heavy atom. The van der Waals surface area contributed by atoms with Crippen molar-refractivity contribution in [3.8, 4) is 5.75 Å². The summed E-state index contributed by atoms with van der Waals surface area (Å²) in [6.45, 7) is 7.24. The van der Waals surface area contributed by atoms with Gasteiger partial charge in [0.2, 0.25) is 0 Å². The second-order valence-electron chi connectivity index (χ2n) is 5.03. The number of nitrogens with one attached hydrogen (secondary N) is 1. The molecule has 1 atom stereocenters. The summed E-state index contributed by atoms with van der Waals surface area (Å²) in [7, 11) is 1.72. The first kappa shape index (κ1) is 15.0. The van der Waals surface area contributed by atoms with E-state index in [-0.39, 0.29) is 6.04 Å². The molecular formula is C16H22N2OS. The first-order chi connectivity index (χ1) is 9.60. The second-order valence-corrected chi connectivity index (χ2v) is 6.09. The van der Waals surface area contributed by atoms with Gasteiger partial charge in [-0.1, -0.05) is 17.7 Å². The number of thiazole rings is 1. The van der Waals surface area contributed by atoms with E-state index < -0.39 is 0 Å². The van der Waals surface area contributed by atoms with E-state index in [1.54, 1.807) is 18.4 Å². The summed E-state index contributed by atoms with van der Waals surface area (Å²) in [5, 5.41) is 6.81. The maximum atomic E-state index is 5.44. The standard InChI is InChI=1S/C16H22N2OS/c1-11-5-6-16(19-4)15(9-11)12(2)17-8-7-14-10-20-13(3)18-14/h5-6,9-10,12,17H,7-8H2,1-4H3. The molecular weight excluding hydrogens is 268 g/mol. The number of rotatable bonds is 6. The normalized spacial score (nSPS) is 12.4. The summed E-state index contributed by atoms with van der Waals surface area (Å²) in [5.41, 5.74) is 3.63. The lowest BCUT2D eigenvalue weighted by Crippen LogP contribution is -2.22. The van der Waals surface area contributed by atoms with E-state index in [0.29, 0.717) is 0 Å². The van der Waals surface area contributed by atoms with E-state index in [0.717, 1.165) is 23.7 Å². The number of aryl methyl sites for hydroxylation is 2. The molecule has 2 rings (SSSR count). The summed E-state index contributed by atoms with van der Waals surface area (Å²) in [6.07, 6.45) is 0.961. The highest BCUT2D eigenvalue weighted by Gasteiger charge is 2.11. The fourth-order valence-electron chi connectivity index (χ4n) is 2.24. The molecule has 20 heavy (non-hydrogen) atoms. The van der Waals surface area contributed by atoms with Crippen LogP contribution in [0, 0.1) is 13.8 Å². The van der Waals surface area contributed by atoms with Gasteiger partial charge in [0.25, 0.3) is 0 Å². The van der Waals surface area contributed by atoms with E-state index in [1.165, 1.54) is 16.8 Å². The Hall–Kier alpha value is -1.39. The molecule has 4 heteroatoms. The topological polar surface area (TPSA) is 34.1 Å². The molecule has 0 saturated heterocycles. The fourth-order valence-corrected chi connectivity index (χ4v) is 2.89. The lowest BCUT2D eigenvalue weighted by atomic mass is 10.0. The Morgan fingerprint density at radius 3 is 2.80 bits per heavy atom. The summed E-state index contributed by atoms with van der Waals surface area (Å²) < 4.78 is 5.44. The molecule has 1 aromatic heterocycles. The number of methoxy groups -OCH3 is 1. The second kappa shape index (κ2) is 6.86. The van der Waals surface area contributed by atoms with Gasteiger partial charge >= 0.3 is 0 Å². The van der Waals surface area contributed by atoms with Crippen molar-refractivity contribution in [3.05, 3.63) is 45.4 Å². The molecule has 0 spiro atoms. The van der Waals surface area contributed by atoms with Crippen LogP contribution >= 0.6 is 11.3 Å². The molecule has 1 aromatic carbocycles. The lowest BCUT2D eigenvalue weighted by molar-refractivity contribution is 0.401. The molecule has 1 unspecified atom stereocenters. The highest BCUT2D eigenvalue weighted by atomic mass is 32.1. The third kappa shape index (κ3) is 3.81. The third-order valence-corrected chi connectivity index (χ3v) is 4.17. The van der Waals surface area contributed by atoms with Gasteiger partial charge in [0.1, 0.15) is 5.75 Å². The molecule has 1 N–H and O–H groups in total. The predicted molar refractivity (Wildman–Crippen MR) is 84.7 cm³/mol. The van der Waals surface area contributed by atoms with Crippen molar-refractivity contribution in [2.24, 2.45) is 0 Å². The molecule has 0 aliphatic carbocycles. The predicted octanol–water partition coefficient (Wildman–Crippen LogP) is 3.66. The van der Waals surface area contributed by atoms with Crippen molar-refractivity contribution in [1.82, 2.24) is 10.3 Å². The van der Waals surface area contributed by atoms with Crippen LogP contribution in [0.3, 0.4) is 0 Å². The minimum atomic E-state index is 0.268. The number of ether oxygens (including phenoxy) is 1. The SMILES string of the molecule is COc1ccc(C)cc1C(C)NCCc1csc(C)n1. The van der Waals surface area contributed by atoms with Crippen molar-refractivity contribution < 1.29 is 4.74 Å². The summed E-state index contributed by atoms with van der Waals surface area (Å²) in [6, 6.07) is 6.56. The summed E-state index contributed by atoms with van der Waals surface area (Å²) in [5.74, 6) is 0.945. The van der Waals surface area contributed by atoms with Gasteiger partial charge in [-0.15, -0.1) is 11.3 Å². The third-order valence-electron chi connectivity index (χ3n) is 3.35. The van der Waals surface area contributed by atoms with E-state index in [2.05, 4.69) is 41.7 Å². The molecule has 0 aliphatic heterocycles. The zero-order chi connectivity index (χ0) is 14.5. The largest absolute Gasteiger partial charge is 0.496 e. The van der Waals surface area contributed by atoms with Crippen molar-refractivity contribution in [3.63, 3.8) is 0 Å². The number of hydrogen-bond donors (Lipinski definition) is 1. The zero-order valence-electron chi connectivity index (χ0n) is 12.6. The molecule has 0 saturated carbocycles. The average molecular weight is 290 g/mol. The molecule has 1 heterocycles. The van der Waals surface area contributed by atoms with Crippen LogP contribution < -0.4 is 10.1 Å². The number of hydrogen-bond acceptors (Lipinski definition) is 4. The monoisotopic (exact) mass is 290 g/mol. The average Bonchev–Trinajstić information content (AvgIpc) is 2.84. The van der Waals surface area contributed by atoms with Gasteiger partial charge in [-0.3, -0.25) is 0 Å².